The Labute approximate surface area is 174 Å². The highest BCUT2D eigenvalue weighted by molar-refractivity contribution is 7.09. The van der Waals surface area contributed by atoms with E-state index in [0.717, 1.165) is 10.6 Å². The number of rotatable bonds is 7. The minimum atomic E-state index is -0.397. The normalized spacial score (nSPS) is 10.7. The van der Waals surface area contributed by atoms with Gasteiger partial charge < -0.3 is 13.9 Å². The molecule has 9 heteroatoms. The molecule has 0 aliphatic heterocycles. The summed E-state index contributed by atoms with van der Waals surface area (Å²) in [7, 11) is 0. The van der Waals surface area contributed by atoms with E-state index in [9.17, 15) is 4.79 Å². The molecule has 0 radical (unpaired) electrons. The van der Waals surface area contributed by atoms with E-state index < -0.39 is 5.97 Å². The maximum absolute atomic E-state index is 12.2. The molecule has 0 spiro atoms. The molecule has 0 N–H and O–H groups in total. The van der Waals surface area contributed by atoms with Crippen LogP contribution in [0.15, 0.2) is 64.7 Å². The van der Waals surface area contributed by atoms with Crippen molar-refractivity contribution in [3.8, 4) is 23.0 Å². The number of ether oxygens (including phenoxy) is 2. The number of thiazole rings is 1. The highest BCUT2D eigenvalue weighted by atomic mass is 35.5. The molecular weight excluding hydrogens is 414 g/mol. The van der Waals surface area contributed by atoms with E-state index in [2.05, 4.69) is 15.2 Å². The zero-order chi connectivity index (χ0) is 20.1. The maximum Gasteiger partial charge on any atom is 0.317 e. The lowest BCUT2D eigenvalue weighted by Gasteiger charge is -2.04. The summed E-state index contributed by atoms with van der Waals surface area (Å²) in [6.07, 6.45) is 1.33. The molecule has 29 heavy (non-hydrogen) atoms. The first-order valence-corrected chi connectivity index (χ1v) is 9.80. The lowest BCUT2D eigenvalue weighted by Crippen LogP contribution is -2.11. The average molecular weight is 428 g/mol. The molecule has 4 rings (SSSR count). The molecule has 0 bridgehead atoms. The molecule has 7 nitrogen and oxygen atoms in total. The number of hydrogen-bond donors (Lipinski definition) is 0. The van der Waals surface area contributed by atoms with Crippen LogP contribution in [0, 0.1) is 0 Å². The quantitative estimate of drug-likeness (QED) is 0.315. The van der Waals surface area contributed by atoms with Gasteiger partial charge >= 0.3 is 5.97 Å². The van der Waals surface area contributed by atoms with Crippen molar-refractivity contribution in [1.29, 1.82) is 0 Å². The number of carbonyl (C=O) groups excluding carboxylic acids is 1. The highest BCUT2D eigenvalue weighted by Crippen LogP contribution is 2.21. The summed E-state index contributed by atoms with van der Waals surface area (Å²) < 4.78 is 16.1. The van der Waals surface area contributed by atoms with E-state index in [4.69, 9.17) is 25.5 Å². The second-order valence-electron chi connectivity index (χ2n) is 5.89. The molecule has 0 atom stereocenters. The predicted molar refractivity (Wildman–Crippen MR) is 107 cm³/mol. The van der Waals surface area contributed by atoms with E-state index in [-0.39, 0.29) is 6.42 Å². The highest BCUT2D eigenvalue weighted by Gasteiger charge is 2.11. The first-order chi connectivity index (χ1) is 14.2. The van der Waals surface area contributed by atoms with E-state index in [1.54, 1.807) is 48.5 Å². The fraction of sp³-hybridized carbons (Fsp3) is 0.100. The summed E-state index contributed by atoms with van der Waals surface area (Å²) in [5.74, 6) is 1.14. The van der Waals surface area contributed by atoms with Crippen LogP contribution in [0.2, 0.25) is 5.02 Å². The third-order valence-corrected chi connectivity index (χ3v) is 4.92. The Kier molecular flexibility index (Phi) is 5.83. The molecule has 0 fully saturated rings. The van der Waals surface area contributed by atoms with Crippen LogP contribution in [-0.2, 0) is 17.8 Å². The number of hydrogen-bond acceptors (Lipinski definition) is 8. The molecule has 0 amide bonds. The topological polar surface area (TPSA) is 87.3 Å². The van der Waals surface area contributed by atoms with Crippen molar-refractivity contribution >= 4 is 28.9 Å². The smallest absolute Gasteiger partial charge is 0.317 e. The Morgan fingerprint density at radius 1 is 1.07 bits per heavy atom. The van der Waals surface area contributed by atoms with Crippen molar-refractivity contribution in [1.82, 2.24) is 15.2 Å². The zero-order valence-electron chi connectivity index (χ0n) is 14.9. The van der Waals surface area contributed by atoms with E-state index in [0.29, 0.717) is 34.7 Å². The molecule has 2 aromatic carbocycles. The van der Waals surface area contributed by atoms with Gasteiger partial charge in [0.25, 0.3) is 0 Å². The molecule has 0 aliphatic rings. The zero-order valence-corrected chi connectivity index (χ0v) is 16.5. The fourth-order valence-corrected chi connectivity index (χ4v) is 3.28. The Morgan fingerprint density at radius 3 is 2.55 bits per heavy atom. The Hall–Kier alpha value is -3.23. The van der Waals surface area contributed by atoms with Gasteiger partial charge in [-0.1, -0.05) is 11.6 Å². The molecule has 4 aromatic rings. The summed E-state index contributed by atoms with van der Waals surface area (Å²) >= 11 is 7.28. The van der Waals surface area contributed by atoms with Gasteiger partial charge in [-0.3, -0.25) is 4.79 Å². The summed E-state index contributed by atoms with van der Waals surface area (Å²) in [6, 6.07) is 13.9. The summed E-state index contributed by atoms with van der Waals surface area (Å²) in [5.41, 5.74) is 1.38. The van der Waals surface area contributed by atoms with Crippen LogP contribution >= 0.6 is 22.9 Å². The van der Waals surface area contributed by atoms with Gasteiger partial charge in [0.1, 0.15) is 23.1 Å². The minimum absolute atomic E-state index is 0.0723. The van der Waals surface area contributed by atoms with Gasteiger partial charge in [-0.2, -0.15) is 0 Å². The first-order valence-electron chi connectivity index (χ1n) is 8.54. The van der Waals surface area contributed by atoms with Crippen LogP contribution in [0.3, 0.4) is 0 Å². The molecule has 0 saturated heterocycles. The lowest BCUT2D eigenvalue weighted by atomic mass is 10.2. The fourth-order valence-electron chi connectivity index (χ4n) is 2.45. The Bertz CT molecular complexity index is 1080. The van der Waals surface area contributed by atoms with Crippen molar-refractivity contribution in [2.24, 2.45) is 0 Å². The van der Waals surface area contributed by atoms with Crippen LogP contribution in [0.25, 0.3) is 11.5 Å². The van der Waals surface area contributed by atoms with Gasteiger partial charge in [0.2, 0.25) is 12.3 Å². The lowest BCUT2D eigenvalue weighted by molar-refractivity contribution is -0.133. The summed E-state index contributed by atoms with van der Waals surface area (Å²) in [6.45, 7) is 0.318. The second-order valence-corrected chi connectivity index (χ2v) is 7.27. The first kappa shape index (κ1) is 19.1. The number of nitrogens with zero attached hydrogens (tertiary/aromatic N) is 3. The van der Waals surface area contributed by atoms with E-state index in [1.807, 2.05) is 5.38 Å². The Balaban J connectivity index is 1.29. The molecule has 0 unspecified atom stereocenters. The monoisotopic (exact) mass is 427 g/mol. The summed E-state index contributed by atoms with van der Waals surface area (Å²) in [4.78, 5) is 16.6. The molecule has 2 heterocycles. The number of benzene rings is 2. The SMILES string of the molecule is O=C(Cc1csc(COc2ccc(Cl)cc2)n1)Oc1ccc(-c2nnco2)cc1. The number of halogens is 1. The summed E-state index contributed by atoms with van der Waals surface area (Å²) in [5, 5.41) is 10.7. The van der Waals surface area contributed by atoms with Crippen molar-refractivity contribution < 1.29 is 18.7 Å². The van der Waals surface area contributed by atoms with E-state index >= 15 is 0 Å². The van der Waals surface area contributed by atoms with Crippen molar-refractivity contribution in [2.45, 2.75) is 13.0 Å². The largest absolute Gasteiger partial charge is 0.486 e. The minimum Gasteiger partial charge on any atom is -0.486 e. The molecule has 0 aliphatic carbocycles. The molecule has 146 valence electrons. The maximum atomic E-state index is 12.2. The number of esters is 1. The van der Waals surface area contributed by atoms with Gasteiger partial charge in [0.15, 0.2) is 0 Å². The van der Waals surface area contributed by atoms with Crippen LogP contribution in [0.5, 0.6) is 11.5 Å². The molecule has 2 aromatic heterocycles. The third-order valence-electron chi connectivity index (χ3n) is 3.79. The van der Waals surface area contributed by atoms with Crippen molar-refractivity contribution in [3.63, 3.8) is 0 Å². The molecule has 0 saturated carbocycles. The van der Waals surface area contributed by atoms with Crippen molar-refractivity contribution in [3.05, 3.63) is 76.0 Å². The van der Waals surface area contributed by atoms with Crippen LogP contribution in [0.1, 0.15) is 10.7 Å². The van der Waals surface area contributed by atoms with Gasteiger partial charge in [0.05, 0.1) is 12.1 Å². The standard InChI is InChI=1S/C20H14ClN3O4S/c21-14-3-7-16(8-4-14)26-10-18-23-15(11-29-18)9-19(25)28-17-5-1-13(2-6-17)20-24-22-12-27-20/h1-8,11-12H,9-10H2. The number of carbonyl (C=O) groups is 1. The van der Waals surface area contributed by atoms with E-state index in [1.165, 1.54) is 17.7 Å². The van der Waals surface area contributed by atoms with Crippen molar-refractivity contribution in [2.75, 3.05) is 0 Å². The van der Waals surface area contributed by atoms with Gasteiger partial charge in [-0.25, -0.2) is 4.98 Å². The Morgan fingerprint density at radius 2 is 1.83 bits per heavy atom. The third kappa shape index (κ3) is 5.18. The van der Waals surface area contributed by atoms with Gasteiger partial charge in [0, 0.05) is 16.0 Å². The average Bonchev–Trinajstić information content (AvgIpc) is 3.40. The molecular formula is C20H14ClN3O4S. The van der Waals surface area contributed by atoms with Gasteiger partial charge in [-0.05, 0) is 48.5 Å². The van der Waals surface area contributed by atoms with Crippen LogP contribution in [-0.4, -0.2) is 21.2 Å². The number of aromatic nitrogens is 3. The van der Waals surface area contributed by atoms with Crippen LogP contribution in [0.4, 0.5) is 0 Å². The second kappa shape index (κ2) is 8.85. The van der Waals surface area contributed by atoms with Gasteiger partial charge in [-0.15, -0.1) is 21.5 Å². The van der Waals surface area contributed by atoms with Crippen LogP contribution < -0.4 is 9.47 Å². The predicted octanol–water partition coefficient (Wildman–Crippen LogP) is 4.57.